The van der Waals surface area contributed by atoms with Gasteiger partial charge in [-0.1, -0.05) is 12.2 Å². The smallest absolute Gasteiger partial charge is 0.277 e. The molecular weight excluding hydrogens is 354 g/mol. The van der Waals surface area contributed by atoms with Crippen LogP contribution in [-0.4, -0.2) is 56.2 Å². The number of thiocarbonyl (C=S) groups is 1. The van der Waals surface area contributed by atoms with E-state index in [1.54, 1.807) is 4.90 Å². The number of anilines is 1. The van der Waals surface area contributed by atoms with Crippen LogP contribution in [0.25, 0.3) is 0 Å². The first-order valence-corrected chi connectivity index (χ1v) is 8.88. The van der Waals surface area contributed by atoms with Crippen LogP contribution in [0.2, 0.25) is 0 Å². The lowest BCUT2D eigenvalue weighted by atomic mass is 10.3. The third kappa shape index (κ3) is 4.71. The van der Waals surface area contributed by atoms with Gasteiger partial charge in [0.05, 0.1) is 23.8 Å². The molecule has 2 rings (SSSR count). The van der Waals surface area contributed by atoms with E-state index in [-0.39, 0.29) is 21.5 Å². The zero-order valence-electron chi connectivity index (χ0n) is 12.6. The van der Waals surface area contributed by atoms with Gasteiger partial charge in [-0.25, -0.2) is 13.6 Å². The molecule has 0 atom stereocenters. The van der Waals surface area contributed by atoms with Crippen LogP contribution in [-0.2, 0) is 19.6 Å². The summed E-state index contributed by atoms with van der Waals surface area (Å²) >= 11 is 4.88. The minimum atomic E-state index is -3.77. The normalized spacial score (nSPS) is 15.9. The number of amides is 1. The number of hydrazone groups is 1. The van der Waals surface area contributed by atoms with Crippen molar-refractivity contribution in [2.75, 3.05) is 31.7 Å². The Labute approximate surface area is 144 Å². The van der Waals surface area contributed by atoms with E-state index in [1.165, 1.54) is 24.3 Å². The van der Waals surface area contributed by atoms with E-state index in [0.29, 0.717) is 32.0 Å². The van der Waals surface area contributed by atoms with Crippen LogP contribution in [0.4, 0.5) is 5.69 Å². The van der Waals surface area contributed by atoms with Gasteiger partial charge < -0.3 is 15.4 Å². The van der Waals surface area contributed by atoms with E-state index < -0.39 is 10.0 Å². The summed E-state index contributed by atoms with van der Waals surface area (Å²) in [6.45, 7) is 1.75. The van der Waals surface area contributed by atoms with Crippen molar-refractivity contribution in [1.29, 1.82) is 0 Å². The van der Waals surface area contributed by atoms with Crippen LogP contribution < -0.4 is 16.3 Å². The van der Waals surface area contributed by atoms with Crippen molar-refractivity contribution in [3.8, 4) is 0 Å². The molecule has 1 aliphatic heterocycles. The monoisotopic (exact) mass is 371 g/mol. The number of ether oxygens (including phenoxy) is 1. The summed E-state index contributed by atoms with van der Waals surface area (Å²) in [5, 5.41) is 8.97. The number of carbonyl (C=O) groups excluding carboxylic acids is 1. The SMILES string of the molecule is NC(=S)C(=NNc1ccc(S(N)(=O)=O)cc1)C(=O)N1CCOCC1. The Bertz CT molecular complexity index is 755. The molecule has 0 aromatic heterocycles. The van der Waals surface area contributed by atoms with Gasteiger partial charge in [-0.05, 0) is 24.3 Å². The summed E-state index contributed by atoms with van der Waals surface area (Å²) in [6, 6.07) is 5.55. The molecule has 1 saturated heterocycles. The largest absolute Gasteiger partial charge is 0.388 e. The summed E-state index contributed by atoms with van der Waals surface area (Å²) in [5.41, 5.74) is 8.58. The lowest BCUT2D eigenvalue weighted by Gasteiger charge is -2.26. The van der Waals surface area contributed by atoms with Gasteiger partial charge in [0.2, 0.25) is 10.0 Å². The van der Waals surface area contributed by atoms with Gasteiger partial charge in [-0.3, -0.25) is 10.2 Å². The number of nitrogens with zero attached hydrogens (tertiary/aromatic N) is 2. The van der Waals surface area contributed by atoms with Crippen LogP contribution in [0.3, 0.4) is 0 Å². The predicted octanol–water partition coefficient (Wildman–Crippen LogP) is -0.753. The maximum absolute atomic E-state index is 12.4. The summed E-state index contributed by atoms with van der Waals surface area (Å²) in [5.74, 6) is -0.389. The summed E-state index contributed by atoms with van der Waals surface area (Å²) in [4.78, 5) is 13.8. The molecule has 0 bridgehead atoms. The van der Waals surface area contributed by atoms with Crippen LogP contribution >= 0.6 is 12.2 Å². The third-order valence-corrected chi connectivity index (χ3v) is 4.34. The Morgan fingerprint density at radius 2 is 1.83 bits per heavy atom. The molecule has 1 aromatic carbocycles. The van der Waals surface area contributed by atoms with Gasteiger partial charge in [0.25, 0.3) is 5.91 Å². The molecule has 0 unspecified atom stereocenters. The molecule has 130 valence electrons. The number of primary sulfonamides is 1. The molecule has 1 aliphatic rings. The zero-order chi connectivity index (χ0) is 17.7. The van der Waals surface area contributed by atoms with E-state index in [4.69, 9.17) is 27.8 Å². The standard InChI is InChI=1S/C13H17N5O4S2/c14-12(23)11(13(19)18-5-7-22-8-6-18)17-16-9-1-3-10(4-2-9)24(15,20)21/h1-4,16H,5-8H2,(H2,14,23)(H2,15,20,21). The van der Waals surface area contributed by atoms with E-state index in [0.717, 1.165) is 0 Å². The fourth-order valence-corrected chi connectivity index (χ4v) is 2.61. The van der Waals surface area contributed by atoms with Crippen molar-refractivity contribution in [2.24, 2.45) is 16.0 Å². The fraction of sp³-hybridized carbons (Fsp3) is 0.308. The van der Waals surface area contributed by atoms with E-state index >= 15 is 0 Å². The molecule has 1 fully saturated rings. The Balaban J connectivity index is 2.13. The van der Waals surface area contributed by atoms with Crippen molar-refractivity contribution in [2.45, 2.75) is 4.90 Å². The van der Waals surface area contributed by atoms with Crippen LogP contribution in [0, 0.1) is 0 Å². The highest BCUT2D eigenvalue weighted by Gasteiger charge is 2.24. The number of nitrogens with two attached hydrogens (primary N) is 2. The number of morpholine rings is 1. The number of carbonyl (C=O) groups is 1. The maximum atomic E-state index is 12.4. The number of nitrogens with one attached hydrogen (secondary N) is 1. The molecule has 11 heteroatoms. The van der Waals surface area contributed by atoms with Crippen molar-refractivity contribution >= 4 is 44.5 Å². The highest BCUT2D eigenvalue weighted by atomic mass is 32.2. The molecular formula is C13H17N5O4S2. The maximum Gasteiger partial charge on any atom is 0.277 e. The average molecular weight is 371 g/mol. The topological polar surface area (TPSA) is 140 Å². The molecule has 5 N–H and O–H groups in total. The minimum absolute atomic E-state index is 0.0315. The minimum Gasteiger partial charge on any atom is -0.388 e. The fourth-order valence-electron chi connectivity index (χ4n) is 1.96. The molecule has 9 nitrogen and oxygen atoms in total. The highest BCUT2D eigenvalue weighted by Crippen LogP contribution is 2.12. The molecule has 24 heavy (non-hydrogen) atoms. The number of hydrogen-bond acceptors (Lipinski definition) is 7. The Morgan fingerprint density at radius 1 is 1.25 bits per heavy atom. The van der Waals surface area contributed by atoms with Gasteiger partial charge in [0, 0.05) is 13.1 Å². The molecule has 1 amide bonds. The quantitative estimate of drug-likeness (QED) is 0.351. The van der Waals surface area contributed by atoms with Gasteiger partial charge in [-0.2, -0.15) is 5.10 Å². The van der Waals surface area contributed by atoms with Gasteiger partial charge in [-0.15, -0.1) is 0 Å². The second kappa shape index (κ2) is 7.66. The first kappa shape index (κ1) is 18.3. The lowest BCUT2D eigenvalue weighted by molar-refractivity contribution is -0.127. The second-order valence-electron chi connectivity index (χ2n) is 4.91. The van der Waals surface area contributed by atoms with Crippen LogP contribution in [0.15, 0.2) is 34.3 Å². The zero-order valence-corrected chi connectivity index (χ0v) is 14.3. The Kier molecular flexibility index (Phi) is 5.83. The van der Waals surface area contributed by atoms with Crippen molar-refractivity contribution < 1.29 is 17.9 Å². The first-order valence-electron chi connectivity index (χ1n) is 6.92. The van der Waals surface area contributed by atoms with E-state index in [1.807, 2.05) is 0 Å². The van der Waals surface area contributed by atoms with Gasteiger partial charge in [0.15, 0.2) is 5.71 Å². The van der Waals surface area contributed by atoms with Gasteiger partial charge >= 0.3 is 0 Å². The molecule has 0 radical (unpaired) electrons. The summed E-state index contributed by atoms with van der Waals surface area (Å²) in [6.07, 6.45) is 0. The Morgan fingerprint density at radius 3 is 2.33 bits per heavy atom. The third-order valence-electron chi connectivity index (χ3n) is 3.21. The first-order chi connectivity index (χ1) is 11.3. The Hall–Kier alpha value is -2.08. The second-order valence-corrected chi connectivity index (χ2v) is 6.91. The summed E-state index contributed by atoms with van der Waals surface area (Å²) in [7, 11) is -3.77. The van der Waals surface area contributed by atoms with Crippen LogP contribution in [0.5, 0.6) is 0 Å². The van der Waals surface area contributed by atoms with Gasteiger partial charge in [0.1, 0.15) is 4.99 Å². The van der Waals surface area contributed by atoms with Crippen LogP contribution in [0.1, 0.15) is 0 Å². The average Bonchev–Trinajstić information content (AvgIpc) is 2.55. The van der Waals surface area contributed by atoms with E-state index in [9.17, 15) is 13.2 Å². The molecule has 0 saturated carbocycles. The van der Waals surface area contributed by atoms with Crippen molar-refractivity contribution in [3.63, 3.8) is 0 Å². The summed E-state index contributed by atoms with van der Waals surface area (Å²) < 4.78 is 27.6. The molecule has 1 aromatic rings. The lowest BCUT2D eigenvalue weighted by Crippen LogP contribution is -2.47. The van der Waals surface area contributed by atoms with E-state index in [2.05, 4.69) is 10.5 Å². The van der Waals surface area contributed by atoms with Crippen molar-refractivity contribution in [1.82, 2.24) is 4.90 Å². The number of sulfonamides is 1. The number of rotatable bonds is 5. The highest BCUT2D eigenvalue weighted by molar-refractivity contribution is 7.89. The molecule has 1 heterocycles. The predicted molar refractivity (Wildman–Crippen MR) is 93.1 cm³/mol. The molecule has 0 spiro atoms. The van der Waals surface area contributed by atoms with Crippen molar-refractivity contribution in [3.05, 3.63) is 24.3 Å². The molecule has 0 aliphatic carbocycles. The number of benzene rings is 1. The number of hydrogen-bond donors (Lipinski definition) is 3.